The summed E-state index contributed by atoms with van der Waals surface area (Å²) in [5.41, 5.74) is 0.927. The van der Waals surface area contributed by atoms with Crippen molar-refractivity contribution in [3.05, 3.63) is 42.2 Å². The van der Waals surface area contributed by atoms with Crippen molar-refractivity contribution in [1.82, 2.24) is 10.2 Å². The molecule has 2 aliphatic heterocycles. The predicted octanol–water partition coefficient (Wildman–Crippen LogP) is 2.39. The number of hydrogen-bond donors (Lipinski definition) is 1. The summed E-state index contributed by atoms with van der Waals surface area (Å²) in [5.74, 6) is 2.33. The van der Waals surface area contributed by atoms with E-state index in [9.17, 15) is 4.79 Å². The van der Waals surface area contributed by atoms with Crippen LogP contribution >= 0.6 is 0 Å². The van der Waals surface area contributed by atoms with E-state index in [0.29, 0.717) is 17.4 Å². The molecule has 3 heterocycles. The van der Waals surface area contributed by atoms with E-state index in [0.717, 1.165) is 24.4 Å². The number of benzene rings is 1. The molecule has 1 N–H and O–H groups in total. The number of carbonyl (C=O) groups excluding carboxylic acids is 1. The Morgan fingerprint density at radius 2 is 2.04 bits per heavy atom. The number of furan rings is 1. The molecular weight excluding hydrogens is 292 g/mol. The molecule has 120 valence electrons. The Labute approximate surface area is 135 Å². The van der Waals surface area contributed by atoms with Crippen LogP contribution in [-0.2, 0) is 0 Å². The summed E-state index contributed by atoms with van der Waals surface area (Å²) >= 11 is 0. The molecule has 0 saturated carbocycles. The lowest BCUT2D eigenvalue weighted by Crippen LogP contribution is -2.43. The highest BCUT2D eigenvalue weighted by molar-refractivity contribution is 5.92. The third-order valence-electron chi connectivity index (χ3n) is 4.85. The number of nitrogens with one attached hydrogen (secondary N) is 1. The molecule has 0 spiro atoms. The Bertz CT molecular complexity index is 707. The average molecular weight is 312 g/mol. The van der Waals surface area contributed by atoms with Gasteiger partial charge in [0, 0.05) is 24.7 Å². The van der Waals surface area contributed by atoms with Crippen LogP contribution in [-0.4, -0.2) is 43.6 Å². The van der Waals surface area contributed by atoms with E-state index >= 15 is 0 Å². The molecule has 2 bridgehead atoms. The highest BCUT2D eigenvalue weighted by Gasteiger charge is 2.38. The first-order valence-corrected chi connectivity index (χ1v) is 8.00. The Hall–Kier alpha value is -2.27. The number of hydrogen-bond acceptors (Lipinski definition) is 4. The SMILES string of the molecule is COc1ccc(-c2ccc(C(=O)NC3CN4CC[C@H]3C4)o2)cc1. The predicted molar refractivity (Wildman–Crippen MR) is 86.5 cm³/mol. The van der Waals surface area contributed by atoms with Crippen LogP contribution in [0.25, 0.3) is 11.3 Å². The molecular formula is C18H20N2O3. The fourth-order valence-electron chi connectivity index (χ4n) is 3.56. The van der Waals surface area contributed by atoms with Crippen LogP contribution in [0.5, 0.6) is 5.75 Å². The molecule has 3 atom stereocenters. The monoisotopic (exact) mass is 312 g/mol. The van der Waals surface area contributed by atoms with Gasteiger partial charge in [0.15, 0.2) is 5.76 Å². The molecule has 2 saturated heterocycles. The zero-order chi connectivity index (χ0) is 15.8. The molecule has 2 fully saturated rings. The minimum atomic E-state index is -0.122. The fraction of sp³-hybridized carbons (Fsp3) is 0.389. The molecule has 1 aromatic carbocycles. The van der Waals surface area contributed by atoms with Crippen LogP contribution in [0.4, 0.5) is 0 Å². The first-order valence-electron chi connectivity index (χ1n) is 8.00. The van der Waals surface area contributed by atoms with Gasteiger partial charge in [-0.3, -0.25) is 4.79 Å². The van der Waals surface area contributed by atoms with Crippen molar-refractivity contribution < 1.29 is 13.9 Å². The van der Waals surface area contributed by atoms with Crippen molar-refractivity contribution >= 4 is 5.91 Å². The van der Waals surface area contributed by atoms with Gasteiger partial charge in [-0.25, -0.2) is 0 Å². The van der Waals surface area contributed by atoms with Gasteiger partial charge >= 0.3 is 0 Å². The van der Waals surface area contributed by atoms with Crippen molar-refractivity contribution in [3.8, 4) is 17.1 Å². The van der Waals surface area contributed by atoms with E-state index in [2.05, 4.69) is 10.2 Å². The third-order valence-corrected chi connectivity index (χ3v) is 4.85. The van der Waals surface area contributed by atoms with E-state index in [-0.39, 0.29) is 11.9 Å². The van der Waals surface area contributed by atoms with Crippen LogP contribution < -0.4 is 10.1 Å². The quantitative estimate of drug-likeness (QED) is 0.942. The van der Waals surface area contributed by atoms with Crippen LogP contribution in [0.15, 0.2) is 40.8 Å². The van der Waals surface area contributed by atoms with Crippen molar-refractivity contribution in [2.45, 2.75) is 12.5 Å². The summed E-state index contributed by atoms with van der Waals surface area (Å²) in [5, 5.41) is 3.12. The molecule has 0 aliphatic carbocycles. The second-order valence-electron chi connectivity index (χ2n) is 6.28. The zero-order valence-corrected chi connectivity index (χ0v) is 13.1. The first kappa shape index (κ1) is 14.3. The van der Waals surface area contributed by atoms with Gasteiger partial charge < -0.3 is 19.4 Å². The Balaban J connectivity index is 1.45. The van der Waals surface area contributed by atoms with E-state index in [1.54, 1.807) is 13.2 Å². The van der Waals surface area contributed by atoms with Gasteiger partial charge in [0.05, 0.1) is 7.11 Å². The number of rotatable bonds is 4. The smallest absolute Gasteiger partial charge is 0.287 e. The molecule has 0 radical (unpaired) electrons. The van der Waals surface area contributed by atoms with E-state index in [1.807, 2.05) is 30.3 Å². The van der Waals surface area contributed by atoms with E-state index in [1.165, 1.54) is 13.0 Å². The molecule has 5 nitrogen and oxygen atoms in total. The number of ether oxygens (including phenoxy) is 1. The molecule has 4 rings (SSSR count). The van der Waals surface area contributed by atoms with E-state index < -0.39 is 0 Å². The number of carbonyl (C=O) groups is 1. The summed E-state index contributed by atoms with van der Waals surface area (Å²) in [6.07, 6.45) is 1.18. The average Bonchev–Trinajstić information content (AvgIpc) is 3.31. The largest absolute Gasteiger partial charge is 0.497 e. The fourth-order valence-corrected chi connectivity index (χ4v) is 3.56. The van der Waals surface area contributed by atoms with Crippen molar-refractivity contribution in [2.24, 2.45) is 5.92 Å². The minimum Gasteiger partial charge on any atom is -0.497 e. The number of nitrogens with zero attached hydrogens (tertiary/aromatic N) is 1. The lowest BCUT2D eigenvalue weighted by molar-refractivity contribution is 0.0897. The summed E-state index contributed by atoms with van der Waals surface area (Å²) in [4.78, 5) is 14.8. The van der Waals surface area contributed by atoms with Gasteiger partial charge in [-0.1, -0.05) is 0 Å². The highest BCUT2D eigenvalue weighted by atomic mass is 16.5. The Morgan fingerprint density at radius 3 is 2.70 bits per heavy atom. The van der Waals surface area contributed by atoms with Gasteiger partial charge in [0.2, 0.25) is 0 Å². The van der Waals surface area contributed by atoms with Crippen LogP contribution in [0.1, 0.15) is 17.0 Å². The molecule has 2 aromatic rings. The minimum absolute atomic E-state index is 0.122. The van der Waals surface area contributed by atoms with Crippen LogP contribution in [0, 0.1) is 5.92 Å². The maximum atomic E-state index is 12.4. The summed E-state index contributed by atoms with van der Waals surface area (Å²) in [7, 11) is 1.64. The number of amides is 1. The summed E-state index contributed by atoms with van der Waals surface area (Å²) in [6, 6.07) is 11.4. The Morgan fingerprint density at radius 1 is 1.22 bits per heavy atom. The topological polar surface area (TPSA) is 54.7 Å². The second-order valence-corrected chi connectivity index (χ2v) is 6.28. The second kappa shape index (κ2) is 5.74. The molecule has 23 heavy (non-hydrogen) atoms. The standard InChI is InChI=1S/C18H20N2O3/c1-22-14-4-2-12(3-5-14)16-6-7-17(23-16)18(21)19-15-11-20-9-8-13(15)10-20/h2-7,13,15H,8-11H2,1H3,(H,19,21)/t13-,15?/m0/s1. The van der Waals surface area contributed by atoms with Gasteiger partial charge in [-0.05, 0) is 55.3 Å². The number of fused-ring (bicyclic) bond motifs is 2. The number of methoxy groups -OCH3 is 1. The van der Waals surface area contributed by atoms with Gasteiger partial charge in [0.25, 0.3) is 5.91 Å². The Kier molecular flexibility index (Phi) is 3.58. The van der Waals surface area contributed by atoms with Crippen molar-refractivity contribution in [3.63, 3.8) is 0 Å². The summed E-state index contributed by atoms with van der Waals surface area (Å²) in [6.45, 7) is 3.24. The van der Waals surface area contributed by atoms with Gasteiger partial charge in [0.1, 0.15) is 11.5 Å². The van der Waals surface area contributed by atoms with E-state index in [4.69, 9.17) is 9.15 Å². The molecule has 1 amide bonds. The lowest BCUT2D eigenvalue weighted by atomic mass is 10.00. The first-order chi connectivity index (χ1) is 11.2. The number of piperidine rings is 1. The van der Waals surface area contributed by atoms with Crippen LogP contribution in [0.2, 0.25) is 0 Å². The maximum absolute atomic E-state index is 12.4. The lowest BCUT2D eigenvalue weighted by Gasteiger charge is -2.22. The van der Waals surface area contributed by atoms with Crippen LogP contribution in [0.3, 0.4) is 0 Å². The highest BCUT2D eigenvalue weighted by Crippen LogP contribution is 2.28. The third kappa shape index (κ3) is 2.72. The van der Waals surface area contributed by atoms with Crippen molar-refractivity contribution in [2.75, 3.05) is 26.7 Å². The molecule has 2 unspecified atom stereocenters. The molecule has 2 aliphatic rings. The van der Waals surface area contributed by atoms with Crippen molar-refractivity contribution in [1.29, 1.82) is 0 Å². The van der Waals surface area contributed by atoms with Gasteiger partial charge in [-0.2, -0.15) is 0 Å². The normalized spacial score (nSPS) is 25.5. The summed E-state index contributed by atoms with van der Waals surface area (Å²) < 4.78 is 10.9. The van der Waals surface area contributed by atoms with Gasteiger partial charge in [-0.15, -0.1) is 0 Å². The molecule has 5 heteroatoms. The maximum Gasteiger partial charge on any atom is 0.287 e. The molecule has 1 aromatic heterocycles. The zero-order valence-electron chi connectivity index (χ0n) is 13.1.